The zero-order valence-corrected chi connectivity index (χ0v) is 19.6. The molecule has 2 aromatic heterocycles. The van der Waals surface area contributed by atoms with E-state index in [1.807, 2.05) is 53.9 Å². The molecule has 0 spiro atoms. The first-order chi connectivity index (χ1) is 16.3. The first kappa shape index (κ1) is 22.9. The number of methoxy groups -OCH3 is 1. The van der Waals surface area contributed by atoms with Gasteiger partial charge >= 0.3 is 0 Å². The molecule has 2 aromatic carbocycles. The molecule has 172 valence electrons. The van der Waals surface area contributed by atoms with Crippen LogP contribution in [0.25, 0.3) is 11.0 Å². The lowest BCUT2D eigenvalue weighted by molar-refractivity contribution is 0.0957. The van der Waals surface area contributed by atoms with Crippen molar-refractivity contribution in [2.24, 2.45) is 0 Å². The van der Waals surface area contributed by atoms with Crippen molar-refractivity contribution >= 4 is 28.3 Å². The zero-order valence-electron chi connectivity index (χ0n) is 18.8. The second-order valence-electron chi connectivity index (χ2n) is 7.71. The minimum absolute atomic E-state index is 0.0156. The van der Waals surface area contributed by atoms with Crippen molar-refractivity contribution in [3.63, 3.8) is 0 Å². The standard InChI is InChI=1S/C26H29N3O3S/c1-31-22-12-6-7-13-23(22)32-18-17-29-21-11-5-4-10-20(21)28-25(29)15-3-2-8-16-27-26(30)24-14-9-19-33-24/h4-7,9-14,19H,2-3,8,15-18H2,1H3,(H,27,30). The van der Waals surface area contributed by atoms with Gasteiger partial charge in [-0.3, -0.25) is 4.79 Å². The number of unbranched alkanes of at least 4 members (excludes halogenated alkanes) is 2. The van der Waals surface area contributed by atoms with Gasteiger partial charge in [0.15, 0.2) is 11.5 Å². The van der Waals surface area contributed by atoms with Crippen molar-refractivity contribution < 1.29 is 14.3 Å². The lowest BCUT2D eigenvalue weighted by Gasteiger charge is -2.13. The summed E-state index contributed by atoms with van der Waals surface area (Å²) in [5, 5.41) is 4.91. The summed E-state index contributed by atoms with van der Waals surface area (Å²) in [7, 11) is 1.65. The predicted octanol–water partition coefficient (Wildman–Crippen LogP) is 5.33. The molecule has 2 heterocycles. The highest BCUT2D eigenvalue weighted by atomic mass is 32.1. The maximum atomic E-state index is 12.0. The number of aryl methyl sites for hydroxylation is 1. The Morgan fingerprint density at radius 2 is 1.82 bits per heavy atom. The van der Waals surface area contributed by atoms with Crippen molar-refractivity contribution in [3.05, 3.63) is 76.7 Å². The van der Waals surface area contributed by atoms with Gasteiger partial charge in [-0.15, -0.1) is 11.3 Å². The van der Waals surface area contributed by atoms with Crippen molar-refractivity contribution in [2.45, 2.75) is 32.2 Å². The average Bonchev–Trinajstić information content (AvgIpc) is 3.50. The Labute approximate surface area is 198 Å². The summed E-state index contributed by atoms with van der Waals surface area (Å²) in [5.74, 6) is 2.57. The van der Waals surface area contributed by atoms with Gasteiger partial charge in [0.2, 0.25) is 0 Å². The van der Waals surface area contributed by atoms with Gasteiger partial charge in [0, 0.05) is 13.0 Å². The largest absolute Gasteiger partial charge is 0.493 e. The quantitative estimate of drug-likeness (QED) is 0.289. The van der Waals surface area contributed by atoms with Crippen molar-refractivity contribution in [1.82, 2.24) is 14.9 Å². The molecule has 0 saturated heterocycles. The highest BCUT2D eigenvalue weighted by Gasteiger charge is 2.11. The molecule has 0 aliphatic carbocycles. The van der Waals surface area contributed by atoms with Gasteiger partial charge in [-0.25, -0.2) is 4.98 Å². The molecule has 0 aliphatic heterocycles. The third-order valence-corrected chi connectivity index (χ3v) is 6.35. The van der Waals surface area contributed by atoms with E-state index in [0.29, 0.717) is 19.7 Å². The van der Waals surface area contributed by atoms with Crippen LogP contribution < -0.4 is 14.8 Å². The number of rotatable bonds is 12. The van der Waals surface area contributed by atoms with E-state index in [2.05, 4.69) is 22.0 Å². The highest BCUT2D eigenvalue weighted by molar-refractivity contribution is 7.12. The zero-order chi connectivity index (χ0) is 22.9. The molecule has 0 atom stereocenters. The first-order valence-corrected chi connectivity index (χ1v) is 12.2. The number of ether oxygens (including phenoxy) is 2. The molecule has 0 bridgehead atoms. The van der Waals surface area contributed by atoms with Crippen LogP contribution >= 0.6 is 11.3 Å². The number of carbonyl (C=O) groups excluding carboxylic acids is 1. The summed E-state index contributed by atoms with van der Waals surface area (Å²) in [6.07, 6.45) is 3.90. The lowest BCUT2D eigenvalue weighted by atomic mass is 10.2. The second kappa shape index (κ2) is 11.5. The molecule has 1 amide bonds. The van der Waals surface area contributed by atoms with Crippen LogP contribution in [0.2, 0.25) is 0 Å². The van der Waals surface area contributed by atoms with Gasteiger partial charge in [0.25, 0.3) is 5.91 Å². The van der Waals surface area contributed by atoms with Gasteiger partial charge in [0.05, 0.1) is 29.6 Å². The minimum Gasteiger partial charge on any atom is -0.493 e. The van der Waals surface area contributed by atoms with Crippen molar-refractivity contribution in [1.29, 1.82) is 0 Å². The molecule has 0 aliphatic rings. The number of nitrogens with one attached hydrogen (secondary N) is 1. The fourth-order valence-electron chi connectivity index (χ4n) is 3.83. The number of carbonyl (C=O) groups is 1. The number of benzene rings is 2. The van der Waals surface area contributed by atoms with Crippen molar-refractivity contribution in [2.75, 3.05) is 20.3 Å². The number of hydrogen-bond donors (Lipinski definition) is 1. The van der Waals surface area contributed by atoms with Crippen LogP contribution in [-0.4, -0.2) is 35.7 Å². The predicted molar refractivity (Wildman–Crippen MR) is 132 cm³/mol. The summed E-state index contributed by atoms with van der Waals surface area (Å²) < 4.78 is 13.6. The molecular weight excluding hydrogens is 434 g/mol. The Morgan fingerprint density at radius 3 is 2.64 bits per heavy atom. The number of amides is 1. The van der Waals surface area contributed by atoms with Gasteiger partial charge < -0.3 is 19.4 Å². The number of fused-ring (bicyclic) bond motifs is 1. The third-order valence-electron chi connectivity index (χ3n) is 5.48. The van der Waals surface area contributed by atoms with Crippen LogP contribution in [0.3, 0.4) is 0 Å². The van der Waals surface area contributed by atoms with E-state index in [0.717, 1.165) is 58.9 Å². The van der Waals surface area contributed by atoms with E-state index in [1.165, 1.54) is 11.3 Å². The number of thiophene rings is 1. The van der Waals surface area contributed by atoms with Gasteiger partial charge in [-0.1, -0.05) is 36.8 Å². The van der Waals surface area contributed by atoms with Gasteiger partial charge in [-0.05, 0) is 48.6 Å². The number of aromatic nitrogens is 2. The molecule has 0 fully saturated rings. The smallest absolute Gasteiger partial charge is 0.261 e. The third kappa shape index (κ3) is 5.93. The Balaban J connectivity index is 1.30. The Morgan fingerprint density at radius 1 is 1.00 bits per heavy atom. The van der Waals surface area contributed by atoms with Gasteiger partial charge in [-0.2, -0.15) is 0 Å². The van der Waals surface area contributed by atoms with E-state index >= 15 is 0 Å². The summed E-state index contributed by atoms with van der Waals surface area (Å²) in [5.41, 5.74) is 2.13. The molecule has 0 radical (unpaired) electrons. The molecule has 33 heavy (non-hydrogen) atoms. The van der Waals surface area contributed by atoms with E-state index in [1.54, 1.807) is 7.11 Å². The number of nitrogens with zero attached hydrogens (tertiary/aromatic N) is 2. The number of imidazole rings is 1. The van der Waals surface area contributed by atoms with Crippen molar-refractivity contribution in [3.8, 4) is 11.5 Å². The normalized spacial score (nSPS) is 10.9. The average molecular weight is 464 g/mol. The molecule has 4 aromatic rings. The summed E-state index contributed by atoms with van der Waals surface area (Å²) >= 11 is 1.47. The minimum atomic E-state index is 0.0156. The number of hydrogen-bond acceptors (Lipinski definition) is 5. The maximum absolute atomic E-state index is 12.0. The molecule has 6 nitrogen and oxygen atoms in total. The molecular formula is C26H29N3O3S. The molecule has 7 heteroatoms. The molecule has 0 unspecified atom stereocenters. The topological polar surface area (TPSA) is 65.4 Å². The monoisotopic (exact) mass is 463 g/mol. The highest BCUT2D eigenvalue weighted by Crippen LogP contribution is 2.26. The second-order valence-corrected chi connectivity index (χ2v) is 8.66. The molecule has 4 rings (SSSR count). The SMILES string of the molecule is COc1ccccc1OCCn1c(CCCCCNC(=O)c2cccs2)nc2ccccc21. The van der Waals surface area contributed by atoms with E-state index in [-0.39, 0.29) is 5.91 Å². The first-order valence-electron chi connectivity index (χ1n) is 11.3. The van der Waals surface area contributed by atoms with Crippen LogP contribution in [0.5, 0.6) is 11.5 Å². The fourth-order valence-corrected chi connectivity index (χ4v) is 4.47. The van der Waals surface area contributed by atoms with E-state index < -0.39 is 0 Å². The Bertz CT molecular complexity index is 1170. The Kier molecular flexibility index (Phi) is 7.98. The van der Waals surface area contributed by atoms with Crippen LogP contribution in [0.1, 0.15) is 34.8 Å². The van der Waals surface area contributed by atoms with Crippen LogP contribution in [0.15, 0.2) is 66.0 Å². The van der Waals surface area contributed by atoms with Crippen LogP contribution in [0, 0.1) is 0 Å². The van der Waals surface area contributed by atoms with E-state index in [9.17, 15) is 4.79 Å². The lowest BCUT2D eigenvalue weighted by Crippen LogP contribution is -2.23. The van der Waals surface area contributed by atoms with E-state index in [4.69, 9.17) is 14.5 Å². The number of para-hydroxylation sites is 4. The molecule has 0 saturated carbocycles. The maximum Gasteiger partial charge on any atom is 0.261 e. The molecule has 1 N–H and O–H groups in total. The summed E-state index contributed by atoms with van der Waals surface area (Å²) in [4.78, 5) is 17.6. The summed E-state index contributed by atoms with van der Waals surface area (Å²) in [6, 6.07) is 19.7. The fraction of sp³-hybridized carbons (Fsp3) is 0.308. The Hall–Kier alpha value is -3.32. The van der Waals surface area contributed by atoms with Gasteiger partial charge in [0.1, 0.15) is 12.4 Å². The van der Waals surface area contributed by atoms with Crippen LogP contribution in [-0.2, 0) is 13.0 Å². The van der Waals surface area contributed by atoms with Crippen LogP contribution in [0.4, 0.5) is 0 Å². The summed E-state index contributed by atoms with van der Waals surface area (Å²) in [6.45, 7) is 1.94.